The van der Waals surface area contributed by atoms with Crippen LogP contribution in [-0.2, 0) is 11.2 Å². The summed E-state index contributed by atoms with van der Waals surface area (Å²) < 4.78 is 6.46. The van der Waals surface area contributed by atoms with Gasteiger partial charge in [0.15, 0.2) is 0 Å². The summed E-state index contributed by atoms with van der Waals surface area (Å²) in [7, 11) is 0. The van der Waals surface area contributed by atoms with Crippen molar-refractivity contribution >= 4 is 27.5 Å². The van der Waals surface area contributed by atoms with E-state index in [1.54, 1.807) is 0 Å². The SMILES string of the molecule is CCOC(C)(C)C(O)Cc1ccc(Br)cc1Cl. The molecule has 1 aromatic carbocycles. The van der Waals surface area contributed by atoms with Crippen LogP contribution in [-0.4, -0.2) is 23.4 Å². The lowest BCUT2D eigenvalue weighted by Crippen LogP contribution is -2.40. The predicted molar refractivity (Wildman–Crippen MR) is 74.6 cm³/mol. The zero-order valence-corrected chi connectivity index (χ0v) is 12.7. The lowest BCUT2D eigenvalue weighted by atomic mass is 9.95. The normalized spacial score (nSPS) is 13.8. The van der Waals surface area contributed by atoms with Crippen molar-refractivity contribution in [3.05, 3.63) is 33.3 Å². The van der Waals surface area contributed by atoms with E-state index < -0.39 is 11.7 Å². The minimum absolute atomic E-state index is 0.485. The number of aliphatic hydroxyl groups is 1. The van der Waals surface area contributed by atoms with E-state index in [-0.39, 0.29) is 0 Å². The van der Waals surface area contributed by atoms with E-state index in [0.29, 0.717) is 18.1 Å². The molecule has 4 heteroatoms. The smallest absolute Gasteiger partial charge is 0.0887 e. The average Bonchev–Trinajstić information content (AvgIpc) is 2.22. The number of ether oxygens (including phenoxy) is 1. The van der Waals surface area contributed by atoms with Crippen LogP contribution in [0.2, 0.25) is 5.02 Å². The van der Waals surface area contributed by atoms with Crippen LogP contribution in [0.15, 0.2) is 22.7 Å². The van der Waals surface area contributed by atoms with Gasteiger partial charge in [-0.15, -0.1) is 0 Å². The molecular weight excluding hydrogens is 303 g/mol. The Hall–Kier alpha value is -0.0900. The molecular formula is C13H18BrClO2. The summed E-state index contributed by atoms with van der Waals surface area (Å²) in [5.74, 6) is 0. The molecule has 0 aromatic heterocycles. The zero-order valence-electron chi connectivity index (χ0n) is 10.3. The fourth-order valence-corrected chi connectivity index (χ4v) is 2.36. The third kappa shape index (κ3) is 4.25. The van der Waals surface area contributed by atoms with Crippen molar-refractivity contribution in [3.63, 3.8) is 0 Å². The van der Waals surface area contributed by atoms with Gasteiger partial charge in [-0.1, -0.05) is 33.6 Å². The van der Waals surface area contributed by atoms with E-state index in [4.69, 9.17) is 16.3 Å². The lowest BCUT2D eigenvalue weighted by Gasteiger charge is -2.30. The first-order valence-electron chi connectivity index (χ1n) is 5.62. The molecule has 96 valence electrons. The number of aliphatic hydroxyl groups excluding tert-OH is 1. The second kappa shape index (κ2) is 6.19. The Balaban J connectivity index is 2.77. The highest BCUT2D eigenvalue weighted by atomic mass is 79.9. The lowest BCUT2D eigenvalue weighted by molar-refractivity contribution is -0.0955. The molecule has 0 saturated carbocycles. The number of rotatable bonds is 5. The van der Waals surface area contributed by atoms with Crippen LogP contribution in [0.5, 0.6) is 0 Å². The van der Waals surface area contributed by atoms with Crippen LogP contribution in [0.1, 0.15) is 26.3 Å². The number of halogens is 2. The minimum atomic E-state index is -0.582. The Bertz CT molecular complexity index is 380. The van der Waals surface area contributed by atoms with E-state index in [2.05, 4.69) is 15.9 Å². The Kier molecular flexibility index (Phi) is 5.45. The molecule has 0 fully saturated rings. The fraction of sp³-hybridized carbons (Fsp3) is 0.538. The summed E-state index contributed by atoms with van der Waals surface area (Å²) in [5, 5.41) is 10.8. The van der Waals surface area contributed by atoms with Gasteiger partial charge in [0, 0.05) is 22.5 Å². The first kappa shape index (κ1) is 15.0. The summed E-state index contributed by atoms with van der Waals surface area (Å²) >= 11 is 9.47. The highest BCUT2D eigenvalue weighted by Crippen LogP contribution is 2.25. The molecule has 1 aromatic rings. The molecule has 0 bridgehead atoms. The third-order valence-electron chi connectivity index (χ3n) is 2.75. The molecule has 0 radical (unpaired) electrons. The third-order valence-corrected chi connectivity index (χ3v) is 3.59. The van der Waals surface area contributed by atoms with Crippen LogP contribution >= 0.6 is 27.5 Å². The van der Waals surface area contributed by atoms with E-state index in [1.807, 2.05) is 39.0 Å². The molecule has 0 aliphatic rings. The van der Waals surface area contributed by atoms with Gasteiger partial charge >= 0.3 is 0 Å². The maximum absolute atomic E-state index is 10.2. The van der Waals surface area contributed by atoms with Gasteiger partial charge in [-0.2, -0.15) is 0 Å². The molecule has 2 nitrogen and oxygen atoms in total. The minimum Gasteiger partial charge on any atom is -0.390 e. The van der Waals surface area contributed by atoms with Crippen LogP contribution in [0.25, 0.3) is 0 Å². The van der Waals surface area contributed by atoms with Crippen molar-refractivity contribution in [2.24, 2.45) is 0 Å². The quantitative estimate of drug-likeness (QED) is 0.893. The molecule has 0 heterocycles. The fourth-order valence-electron chi connectivity index (χ4n) is 1.61. The molecule has 0 saturated heterocycles. The Labute approximate surface area is 116 Å². The highest BCUT2D eigenvalue weighted by molar-refractivity contribution is 9.10. The van der Waals surface area contributed by atoms with Gasteiger partial charge in [0.05, 0.1) is 11.7 Å². The summed E-state index contributed by atoms with van der Waals surface area (Å²) in [6, 6.07) is 5.66. The van der Waals surface area contributed by atoms with Gasteiger partial charge in [0.1, 0.15) is 0 Å². The predicted octanol–water partition coefficient (Wildman–Crippen LogP) is 3.82. The summed E-state index contributed by atoms with van der Waals surface area (Å²) in [5.41, 5.74) is 0.362. The van der Waals surface area contributed by atoms with Crippen molar-refractivity contribution in [2.75, 3.05) is 6.61 Å². The summed E-state index contributed by atoms with van der Waals surface area (Å²) in [6.07, 6.45) is -0.0971. The second-order valence-corrected chi connectivity index (χ2v) is 5.81. The second-order valence-electron chi connectivity index (χ2n) is 4.49. The standard InChI is InChI=1S/C13H18BrClO2/c1-4-17-13(2,3)12(16)7-9-5-6-10(14)8-11(9)15/h5-6,8,12,16H,4,7H2,1-3H3. The molecule has 0 amide bonds. The molecule has 1 unspecified atom stereocenters. The van der Waals surface area contributed by atoms with E-state index in [0.717, 1.165) is 10.0 Å². The topological polar surface area (TPSA) is 29.5 Å². The van der Waals surface area contributed by atoms with Gasteiger partial charge < -0.3 is 9.84 Å². The Morgan fingerprint density at radius 2 is 2.12 bits per heavy atom. The maximum Gasteiger partial charge on any atom is 0.0887 e. The van der Waals surface area contributed by atoms with Crippen LogP contribution in [0.4, 0.5) is 0 Å². The van der Waals surface area contributed by atoms with Gasteiger partial charge in [0.2, 0.25) is 0 Å². The first-order valence-corrected chi connectivity index (χ1v) is 6.80. The largest absolute Gasteiger partial charge is 0.390 e. The van der Waals surface area contributed by atoms with Gasteiger partial charge in [0.25, 0.3) is 0 Å². The first-order chi connectivity index (χ1) is 7.86. The summed E-state index contributed by atoms with van der Waals surface area (Å²) in [4.78, 5) is 0. The van der Waals surface area contributed by atoms with E-state index >= 15 is 0 Å². The van der Waals surface area contributed by atoms with Crippen molar-refractivity contribution in [2.45, 2.75) is 38.9 Å². The van der Waals surface area contributed by atoms with Gasteiger partial charge in [-0.3, -0.25) is 0 Å². The van der Waals surface area contributed by atoms with Gasteiger partial charge in [-0.05, 0) is 38.5 Å². The van der Waals surface area contributed by atoms with E-state index in [9.17, 15) is 5.11 Å². The van der Waals surface area contributed by atoms with Crippen LogP contribution < -0.4 is 0 Å². The molecule has 17 heavy (non-hydrogen) atoms. The number of benzene rings is 1. The summed E-state index contributed by atoms with van der Waals surface area (Å²) in [6.45, 7) is 6.26. The molecule has 1 atom stereocenters. The average molecular weight is 322 g/mol. The van der Waals surface area contributed by atoms with Crippen molar-refractivity contribution < 1.29 is 9.84 Å². The Morgan fingerprint density at radius 1 is 1.47 bits per heavy atom. The highest BCUT2D eigenvalue weighted by Gasteiger charge is 2.28. The van der Waals surface area contributed by atoms with Gasteiger partial charge in [-0.25, -0.2) is 0 Å². The number of hydrogen-bond donors (Lipinski definition) is 1. The molecule has 1 rings (SSSR count). The van der Waals surface area contributed by atoms with Crippen molar-refractivity contribution in [1.29, 1.82) is 0 Å². The maximum atomic E-state index is 10.2. The van der Waals surface area contributed by atoms with Crippen LogP contribution in [0, 0.1) is 0 Å². The molecule has 0 spiro atoms. The monoisotopic (exact) mass is 320 g/mol. The molecule has 1 N–H and O–H groups in total. The van der Waals surface area contributed by atoms with Crippen molar-refractivity contribution in [3.8, 4) is 0 Å². The number of hydrogen-bond acceptors (Lipinski definition) is 2. The van der Waals surface area contributed by atoms with Crippen molar-refractivity contribution in [1.82, 2.24) is 0 Å². The molecule has 0 aliphatic heterocycles. The Morgan fingerprint density at radius 3 is 2.65 bits per heavy atom. The van der Waals surface area contributed by atoms with Crippen LogP contribution in [0.3, 0.4) is 0 Å². The van der Waals surface area contributed by atoms with E-state index in [1.165, 1.54) is 0 Å². The zero-order chi connectivity index (χ0) is 13.1. The molecule has 0 aliphatic carbocycles.